The molecule has 0 spiro atoms. The van der Waals surface area contributed by atoms with Crippen LogP contribution in [0.3, 0.4) is 0 Å². The maximum atomic E-state index is 11.8. The predicted molar refractivity (Wildman–Crippen MR) is 79.9 cm³/mol. The van der Waals surface area contributed by atoms with Crippen LogP contribution in [-0.2, 0) is 16.0 Å². The third-order valence-corrected chi connectivity index (χ3v) is 4.51. The SMILES string of the molecule is COCC(=O)N1CCC(NC2CCc3cccnc32)CC1. The second kappa shape index (κ2) is 6.54. The van der Waals surface area contributed by atoms with Crippen molar-refractivity contribution in [3.63, 3.8) is 0 Å². The number of nitrogens with zero attached hydrogens (tertiary/aromatic N) is 2. The van der Waals surface area contributed by atoms with Crippen LogP contribution in [0.2, 0.25) is 0 Å². The molecule has 5 nitrogen and oxygen atoms in total. The summed E-state index contributed by atoms with van der Waals surface area (Å²) < 4.78 is 4.92. The highest BCUT2D eigenvalue weighted by molar-refractivity contribution is 5.77. The highest BCUT2D eigenvalue weighted by Crippen LogP contribution is 2.30. The lowest BCUT2D eigenvalue weighted by molar-refractivity contribution is -0.136. The zero-order valence-electron chi connectivity index (χ0n) is 12.5. The fourth-order valence-electron chi connectivity index (χ4n) is 3.37. The van der Waals surface area contributed by atoms with Crippen LogP contribution in [0.15, 0.2) is 18.3 Å². The predicted octanol–water partition coefficient (Wildman–Crippen LogP) is 1.30. The summed E-state index contributed by atoms with van der Waals surface area (Å²) in [7, 11) is 1.57. The molecule has 0 aromatic carbocycles. The van der Waals surface area contributed by atoms with Crippen LogP contribution in [0, 0.1) is 0 Å². The summed E-state index contributed by atoms with van der Waals surface area (Å²) in [5.41, 5.74) is 2.60. The van der Waals surface area contributed by atoms with E-state index in [9.17, 15) is 4.79 Å². The molecule has 1 unspecified atom stereocenters. The molecule has 1 aliphatic carbocycles. The third kappa shape index (κ3) is 3.24. The highest BCUT2D eigenvalue weighted by atomic mass is 16.5. The number of carbonyl (C=O) groups is 1. The Morgan fingerprint density at radius 3 is 3.00 bits per heavy atom. The van der Waals surface area contributed by atoms with E-state index < -0.39 is 0 Å². The monoisotopic (exact) mass is 289 g/mol. The molecule has 21 heavy (non-hydrogen) atoms. The van der Waals surface area contributed by atoms with Gasteiger partial charge in [-0.3, -0.25) is 9.78 Å². The largest absolute Gasteiger partial charge is 0.375 e. The van der Waals surface area contributed by atoms with Crippen molar-refractivity contribution >= 4 is 5.91 Å². The van der Waals surface area contributed by atoms with E-state index in [1.807, 2.05) is 17.2 Å². The van der Waals surface area contributed by atoms with Gasteiger partial charge in [-0.05, 0) is 37.3 Å². The number of methoxy groups -OCH3 is 1. The number of hydrogen-bond acceptors (Lipinski definition) is 4. The van der Waals surface area contributed by atoms with Gasteiger partial charge in [0.1, 0.15) is 6.61 Å². The Labute approximate surface area is 125 Å². The summed E-state index contributed by atoms with van der Waals surface area (Å²) in [6, 6.07) is 5.05. The first-order valence-corrected chi connectivity index (χ1v) is 7.74. The summed E-state index contributed by atoms with van der Waals surface area (Å²) in [4.78, 5) is 18.2. The van der Waals surface area contributed by atoms with Crippen molar-refractivity contribution in [2.45, 2.75) is 37.8 Å². The Morgan fingerprint density at radius 1 is 1.43 bits per heavy atom. The van der Waals surface area contributed by atoms with Crippen LogP contribution in [0.4, 0.5) is 0 Å². The Bertz CT molecular complexity index is 498. The topological polar surface area (TPSA) is 54.5 Å². The lowest BCUT2D eigenvalue weighted by Gasteiger charge is -2.33. The fourth-order valence-corrected chi connectivity index (χ4v) is 3.37. The number of ether oxygens (including phenoxy) is 1. The average molecular weight is 289 g/mol. The van der Waals surface area contributed by atoms with Crippen molar-refractivity contribution in [2.75, 3.05) is 26.8 Å². The molecule has 3 rings (SSSR count). The molecule has 2 heterocycles. The van der Waals surface area contributed by atoms with Gasteiger partial charge in [-0.25, -0.2) is 0 Å². The van der Waals surface area contributed by atoms with E-state index in [2.05, 4.69) is 16.4 Å². The van der Waals surface area contributed by atoms with Crippen LogP contribution in [0.1, 0.15) is 36.6 Å². The molecule has 0 bridgehead atoms. The normalized spacial score (nSPS) is 22.3. The van der Waals surface area contributed by atoms with E-state index >= 15 is 0 Å². The fraction of sp³-hybridized carbons (Fsp3) is 0.625. The van der Waals surface area contributed by atoms with Crippen LogP contribution in [-0.4, -0.2) is 48.6 Å². The van der Waals surface area contributed by atoms with E-state index in [0.717, 1.165) is 38.8 Å². The minimum atomic E-state index is 0.101. The number of aryl methyl sites for hydroxylation is 1. The first kappa shape index (κ1) is 14.5. The van der Waals surface area contributed by atoms with Crippen molar-refractivity contribution in [3.05, 3.63) is 29.6 Å². The van der Waals surface area contributed by atoms with Crippen LogP contribution in [0.25, 0.3) is 0 Å². The minimum absolute atomic E-state index is 0.101. The highest BCUT2D eigenvalue weighted by Gasteiger charge is 2.28. The Hall–Kier alpha value is -1.46. The summed E-state index contributed by atoms with van der Waals surface area (Å²) in [6.07, 6.45) is 6.15. The van der Waals surface area contributed by atoms with Gasteiger partial charge in [0.2, 0.25) is 5.91 Å². The first-order valence-electron chi connectivity index (χ1n) is 7.74. The van der Waals surface area contributed by atoms with Gasteiger partial charge in [0.15, 0.2) is 0 Å². The summed E-state index contributed by atoms with van der Waals surface area (Å²) in [5, 5.41) is 3.73. The number of aromatic nitrogens is 1. The number of nitrogens with one attached hydrogen (secondary N) is 1. The number of likely N-dealkylation sites (tertiary alicyclic amines) is 1. The van der Waals surface area contributed by atoms with Crippen molar-refractivity contribution in [1.29, 1.82) is 0 Å². The Kier molecular flexibility index (Phi) is 4.51. The molecular weight excluding hydrogens is 266 g/mol. The van der Waals surface area contributed by atoms with Crippen LogP contribution >= 0.6 is 0 Å². The van der Waals surface area contributed by atoms with Gasteiger partial charge in [-0.15, -0.1) is 0 Å². The molecule has 1 aliphatic heterocycles. The van der Waals surface area contributed by atoms with Crippen LogP contribution in [0.5, 0.6) is 0 Å². The molecule has 0 saturated carbocycles. The van der Waals surface area contributed by atoms with Gasteiger partial charge in [-0.2, -0.15) is 0 Å². The molecule has 1 N–H and O–H groups in total. The van der Waals surface area contributed by atoms with Gasteiger partial charge >= 0.3 is 0 Å². The van der Waals surface area contributed by atoms with E-state index in [-0.39, 0.29) is 12.5 Å². The Balaban J connectivity index is 1.51. The first-order chi connectivity index (χ1) is 10.3. The number of amides is 1. The standard InChI is InChI=1S/C16H23N3O2/c1-21-11-15(20)19-9-6-13(7-10-19)18-14-5-4-12-3-2-8-17-16(12)14/h2-3,8,13-14,18H,4-7,9-11H2,1H3. The lowest BCUT2D eigenvalue weighted by atomic mass is 10.0. The molecule has 2 aliphatic rings. The molecule has 114 valence electrons. The molecule has 1 saturated heterocycles. The molecule has 1 amide bonds. The lowest BCUT2D eigenvalue weighted by Crippen LogP contribution is -2.46. The number of fused-ring (bicyclic) bond motifs is 1. The van der Waals surface area contributed by atoms with Gasteiger partial charge in [-0.1, -0.05) is 6.07 Å². The summed E-state index contributed by atoms with van der Waals surface area (Å²) in [5.74, 6) is 0.101. The average Bonchev–Trinajstić information content (AvgIpc) is 2.92. The zero-order valence-corrected chi connectivity index (χ0v) is 12.5. The number of pyridine rings is 1. The minimum Gasteiger partial charge on any atom is -0.375 e. The van der Waals surface area contributed by atoms with E-state index in [0.29, 0.717) is 12.1 Å². The quantitative estimate of drug-likeness (QED) is 0.907. The van der Waals surface area contributed by atoms with E-state index in [1.54, 1.807) is 7.11 Å². The van der Waals surface area contributed by atoms with E-state index in [4.69, 9.17) is 4.74 Å². The maximum Gasteiger partial charge on any atom is 0.248 e. The molecule has 1 fully saturated rings. The molecular formula is C16H23N3O2. The second-order valence-electron chi connectivity index (χ2n) is 5.89. The number of rotatable bonds is 4. The van der Waals surface area contributed by atoms with Gasteiger partial charge < -0.3 is 15.0 Å². The molecule has 0 radical (unpaired) electrons. The van der Waals surface area contributed by atoms with Crippen molar-refractivity contribution < 1.29 is 9.53 Å². The zero-order chi connectivity index (χ0) is 14.7. The summed E-state index contributed by atoms with van der Waals surface area (Å²) >= 11 is 0. The van der Waals surface area contributed by atoms with Gasteiger partial charge in [0.05, 0.1) is 11.7 Å². The van der Waals surface area contributed by atoms with Gasteiger partial charge in [0, 0.05) is 32.4 Å². The molecule has 1 aromatic heterocycles. The molecule has 1 aromatic rings. The Morgan fingerprint density at radius 2 is 2.24 bits per heavy atom. The number of carbonyl (C=O) groups excluding carboxylic acids is 1. The number of piperidine rings is 1. The van der Waals surface area contributed by atoms with Crippen molar-refractivity contribution in [1.82, 2.24) is 15.2 Å². The number of hydrogen-bond donors (Lipinski definition) is 1. The van der Waals surface area contributed by atoms with Crippen molar-refractivity contribution in [2.24, 2.45) is 0 Å². The summed E-state index contributed by atoms with van der Waals surface area (Å²) in [6.45, 7) is 1.83. The molecule has 5 heteroatoms. The van der Waals surface area contributed by atoms with Crippen LogP contribution < -0.4 is 5.32 Å². The van der Waals surface area contributed by atoms with Gasteiger partial charge in [0.25, 0.3) is 0 Å². The second-order valence-corrected chi connectivity index (χ2v) is 5.89. The molecule has 1 atom stereocenters. The smallest absolute Gasteiger partial charge is 0.248 e. The van der Waals surface area contributed by atoms with E-state index in [1.165, 1.54) is 11.3 Å². The third-order valence-electron chi connectivity index (χ3n) is 4.51. The maximum absolute atomic E-state index is 11.8. The van der Waals surface area contributed by atoms with Crippen molar-refractivity contribution in [3.8, 4) is 0 Å².